The van der Waals surface area contributed by atoms with E-state index in [9.17, 15) is 4.79 Å². The van der Waals surface area contributed by atoms with Crippen LogP contribution in [0.5, 0.6) is 0 Å². The molecule has 3 aliphatic rings. The number of nitrogens with two attached hydrogens (primary N) is 1. The lowest BCUT2D eigenvalue weighted by molar-refractivity contribution is -0.127. The summed E-state index contributed by atoms with van der Waals surface area (Å²) in [5, 5.41) is 0. The second kappa shape index (κ2) is 2.48. The third kappa shape index (κ3) is 1.13. The van der Waals surface area contributed by atoms with Crippen molar-refractivity contribution in [3.8, 4) is 0 Å². The Labute approximate surface area is 66.5 Å². The minimum atomic E-state index is -0.0978. The molecule has 0 aliphatic carbocycles. The summed E-state index contributed by atoms with van der Waals surface area (Å²) in [6.45, 7) is 3.27. The zero-order valence-corrected chi connectivity index (χ0v) is 6.62. The van der Waals surface area contributed by atoms with E-state index < -0.39 is 0 Å². The summed E-state index contributed by atoms with van der Waals surface area (Å²) in [4.78, 5) is 13.3. The van der Waals surface area contributed by atoms with Gasteiger partial charge in [0.2, 0.25) is 5.91 Å². The van der Waals surface area contributed by atoms with E-state index in [4.69, 9.17) is 5.73 Å². The van der Waals surface area contributed by atoms with Gasteiger partial charge >= 0.3 is 0 Å². The lowest BCUT2D eigenvalue weighted by Crippen LogP contribution is -2.51. The molecule has 1 amide bonds. The summed E-state index contributed by atoms with van der Waals surface area (Å²) in [5.41, 5.74) is 5.29. The second-order valence-corrected chi connectivity index (χ2v) is 3.65. The SMILES string of the molecule is NC(=O)[C@H]1CN2CCC1CC2. The first-order chi connectivity index (χ1) is 5.27. The van der Waals surface area contributed by atoms with Gasteiger partial charge in [0, 0.05) is 6.54 Å². The van der Waals surface area contributed by atoms with Gasteiger partial charge in [-0.05, 0) is 31.8 Å². The normalized spacial score (nSPS) is 42.4. The van der Waals surface area contributed by atoms with Crippen LogP contribution in [0.1, 0.15) is 12.8 Å². The molecule has 3 saturated heterocycles. The predicted molar refractivity (Wildman–Crippen MR) is 41.8 cm³/mol. The zero-order chi connectivity index (χ0) is 7.84. The van der Waals surface area contributed by atoms with Crippen LogP contribution in [0.25, 0.3) is 0 Å². The molecule has 0 saturated carbocycles. The Hall–Kier alpha value is -0.570. The summed E-state index contributed by atoms with van der Waals surface area (Å²) in [6.07, 6.45) is 2.35. The van der Waals surface area contributed by atoms with Gasteiger partial charge in [-0.1, -0.05) is 0 Å². The van der Waals surface area contributed by atoms with E-state index >= 15 is 0 Å². The van der Waals surface area contributed by atoms with Crippen molar-refractivity contribution in [2.75, 3.05) is 19.6 Å². The monoisotopic (exact) mass is 154 g/mol. The van der Waals surface area contributed by atoms with Gasteiger partial charge in [-0.2, -0.15) is 0 Å². The molecule has 0 aromatic heterocycles. The van der Waals surface area contributed by atoms with E-state index in [1.54, 1.807) is 0 Å². The van der Waals surface area contributed by atoms with E-state index in [2.05, 4.69) is 4.90 Å². The number of amides is 1. The fraction of sp³-hybridized carbons (Fsp3) is 0.875. The number of primary amides is 1. The molecule has 3 heteroatoms. The lowest BCUT2D eigenvalue weighted by Gasteiger charge is -2.43. The maximum absolute atomic E-state index is 10.9. The molecule has 3 aliphatic heterocycles. The van der Waals surface area contributed by atoms with Crippen molar-refractivity contribution in [2.45, 2.75) is 12.8 Å². The maximum Gasteiger partial charge on any atom is 0.222 e. The fourth-order valence-corrected chi connectivity index (χ4v) is 2.29. The van der Waals surface area contributed by atoms with Crippen LogP contribution in [-0.4, -0.2) is 30.4 Å². The Morgan fingerprint density at radius 2 is 2.00 bits per heavy atom. The van der Waals surface area contributed by atoms with Crippen molar-refractivity contribution in [3.63, 3.8) is 0 Å². The third-order valence-corrected chi connectivity index (χ3v) is 3.02. The number of carbonyl (C=O) groups excluding carboxylic acids is 1. The average molecular weight is 154 g/mol. The first kappa shape index (κ1) is 7.10. The smallest absolute Gasteiger partial charge is 0.222 e. The fourth-order valence-electron chi connectivity index (χ4n) is 2.29. The Kier molecular flexibility index (Phi) is 1.60. The number of nitrogens with zero attached hydrogens (tertiary/aromatic N) is 1. The summed E-state index contributed by atoms with van der Waals surface area (Å²) >= 11 is 0. The minimum absolute atomic E-state index is 0.0978. The van der Waals surface area contributed by atoms with Crippen molar-refractivity contribution >= 4 is 5.91 Å². The maximum atomic E-state index is 10.9. The summed E-state index contributed by atoms with van der Waals surface area (Å²) in [5.74, 6) is 0.648. The van der Waals surface area contributed by atoms with Gasteiger partial charge in [0.15, 0.2) is 0 Å². The number of carbonyl (C=O) groups is 1. The molecule has 3 rings (SSSR count). The molecule has 0 aromatic rings. The number of piperidine rings is 3. The molecule has 2 bridgehead atoms. The van der Waals surface area contributed by atoms with E-state index in [-0.39, 0.29) is 11.8 Å². The standard InChI is InChI=1S/C8H14N2O/c9-8(11)7-5-10-3-1-6(7)2-4-10/h6-7H,1-5H2,(H2,9,11)/t7-/m0/s1. The van der Waals surface area contributed by atoms with Gasteiger partial charge in [0.25, 0.3) is 0 Å². The van der Waals surface area contributed by atoms with Crippen molar-refractivity contribution in [1.82, 2.24) is 4.90 Å². The van der Waals surface area contributed by atoms with Crippen LogP contribution < -0.4 is 5.73 Å². The molecule has 3 nitrogen and oxygen atoms in total. The first-order valence-electron chi connectivity index (χ1n) is 4.29. The molecule has 11 heavy (non-hydrogen) atoms. The number of rotatable bonds is 1. The average Bonchev–Trinajstić information content (AvgIpc) is 2.06. The van der Waals surface area contributed by atoms with E-state index in [0.717, 1.165) is 6.54 Å². The molecular weight excluding hydrogens is 140 g/mol. The highest BCUT2D eigenvalue weighted by Gasteiger charge is 2.36. The van der Waals surface area contributed by atoms with Gasteiger partial charge in [-0.15, -0.1) is 0 Å². The van der Waals surface area contributed by atoms with Crippen LogP contribution in [0.15, 0.2) is 0 Å². The van der Waals surface area contributed by atoms with Crippen molar-refractivity contribution in [3.05, 3.63) is 0 Å². The molecule has 3 fully saturated rings. The first-order valence-corrected chi connectivity index (χ1v) is 4.29. The van der Waals surface area contributed by atoms with Crippen LogP contribution in [0.4, 0.5) is 0 Å². The second-order valence-electron chi connectivity index (χ2n) is 3.65. The van der Waals surface area contributed by atoms with E-state index in [1.165, 1.54) is 25.9 Å². The molecule has 0 unspecified atom stereocenters. The highest BCUT2D eigenvalue weighted by molar-refractivity contribution is 5.77. The zero-order valence-electron chi connectivity index (χ0n) is 6.62. The summed E-state index contributed by atoms with van der Waals surface area (Å²) < 4.78 is 0. The quantitative estimate of drug-likeness (QED) is 0.569. The molecule has 1 atom stereocenters. The summed E-state index contributed by atoms with van der Waals surface area (Å²) in [7, 11) is 0. The van der Waals surface area contributed by atoms with Gasteiger partial charge in [-0.25, -0.2) is 0 Å². The molecule has 3 heterocycles. The minimum Gasteiger partial charge on any atom is -0.369 e. The topological polar surface area (TPSA) is 46.3 Å². The highest BCUT2D eigenvalue weighted by atomic mass is 16.1. The van der Waals surface area contributed by atoms with Crippen molar-refractivity contribution < 1.29 is 4.79 Å². The largest absolute Gasteiger partial charge is 0.369 e. The lowest BCUT2D eigenvalue weighted by atomic mass is 9.79. The van der Waals surface area contributed by atoms with Gasteiger partial charge in [0.05, 0.1) is 5.92 Å². The van der Waals surface area contributed by atoms with Crippen LogP contribution in [0.2, 0.25) is 0 Å². The van der Waals surface area contributed by atoms with Gasteiger partial charge in [0.1, 0.15) is 0 Å². The molecule has 0 aromatic carbocycles. The van der Waals surface area contributed by atoms with Gasteiger partial charge < -0.3 is 10.6 Å². The molecule has 62 valence electrons. The molecule has 2 N–H and O–H groups in total. The molecular formula is C8H14N2O. The third-order valence-electron chi connectivity index (χ3n) is 3.02. The Bertz CT molecular complexity index is 173. The number of hydrogen-bond acceptors (Lipinski definition) is 2. The van der Waals surface area contributed by atoms with Crippen LogP contribution in [0, 0.1) is 11.8 Å². The molecule has 0 radical (unpaired) electrons. The Morgan fingerprint density at radius 1 is 1.36 bits per heavy atom. The highest BCUT2D eigenvalue weighted by Crippen LogP contribution is 2.31. The summed E-state index contributed by atoms with van der Waals surface area (Å²) in [6, 6.07) is 0. The van der Waals surface area contributed by atoms with Crippen LogP contribution in [0.3, 0.4) is 0 Å². The van der Waals surface area contributed by atoms with E-state index in [1.807, 2.05) is 0 Å². The molecule has 0 spiro atoms. The van der Waals surface area contributed by atoms with E-state index in [0.29, 0.717) is 5.92 Å². The van der Waals surface area contributed by atoms with Crippen LogP contribution in [-0.2, 0) is 4.79 Å². The predicted octanol–water partition coefficient (Wildman–Crippen LogP) is -0.187. The van der Waals surface area contributed by atoms with Crippen molar-refractivity contribution in [1.29, 1.82) is 0 Å². The van der Waals surface area contributed by atoms with Crippen LogP contribution >= 0.6 is 0 Å². The Morgan fingerprint density at radius 3 is 2.27 bits per heavy atom. The number of hydrogen-bond donors (Lipinski definition) is 1. The Balaban J connectivity index is 2.08. The van der Waals surface area contributed by atoms with Gasteiger partial charge in [-0.3, -0.25) is 4.79 Å². The number of fused-ring (bicyclic) bond motifs is 3. The van der Waals surface area contributed by atoms with Crippen molar-refractivity contribution in [2.24, 2.45) is 17.6 Å².